The number of anilines is 1. The fraction of sp³-hybridized carbons (Fsp3) is 0.333. The van der Waals surface area contributed by atoms with E-state index in [4.69, 9.17) is 0 Å². The van der Waals surface area contributed by atoms with E-state index in [1.54, 1.807) is 23.3 Å². The molecule has 0 aliphatic heterocycles. The number of aromatic nitrogens is 6. The fourth-order valence-electron chi connectivity index (χ4n) is 2.38. The number of hydrogen-bond acceptors (Lipinski definition) is 6. The summed E-state index contributed by atoms with van der Waals surface area (Å²) >= 11 is 0. The molecule has 26 heavy (non-hydrogen) atoms. The van der Waals surface area contributed by atoms with E-state index in [1.165, 1.54) is 16.9 Å². The summed E-state index contributed by atoms with van der Waals surface area (Å²) in [5, 5.41) is 25.5. The van der Waals surface area contributed by atoms with E-state index in [1.807, 2.05) is 17.8 Å². The molecule has 0 radical (unpaired) electrons. The van der Waals surface area contributed by atoms with Gasteiger partial charge in [0.25, 0.3) is 0 Å². The van der Waals surface area contributed by atoms with Gasteiger partial charge in [0.15, 0.2) is 0 Å². The highest BCUT2D eigenvalue weighted by molar-refractivity contribution is 5.90. The number of nitrogens with one attached hydrogen (secondary N) is 1. The number of amides is 1. The number of carbonyl (C=O) groups is 1. The van der Waals surface area contributed by atoms with E-state index >= 15 is 0 Å². The highest BCUT2D eigenvalue weighted by Gasteiger charge is 2.12. The number of nitro groups is 1. The van der Waals surface area contributed by atoms with Gasteiger partial charge in [-0.15, -0.1) is 0 Å². The Kier molecular flexibility index (Phi) is 5.06. The molecule has 3 rings (SSSR count). The molecule has 0 spiro atoms. The third-order valence-corrected chi connectivity index (χ3v) is 3.65. The lowest BCUT2D eigenvalue weighted by molar-refractivity contribution is -0.389. The zero-order valence-electron chi connectivity index (χ0n) is 14.1. The smallest absolute Gasteiger partial charge is 0.358 e. The molecule has 1 N–H and O–H groups in total. The Hall–Kier alpha value is -3.50. The van der Waals surface area contributed by atoms with Gasteiger partial charge in [0.1, 0.15) is 0 Å². The quantitative estimate of drug-likeness (QED) is 0.477. The summed E-state index contributed by atoms with van der Waals surface area (Å²) in [6, 6.07) is 1.29. The second-order valence-electron chi connectivity index (χ2n) is 5.62. The monoisotopic (exact) mass is 358 g/mol. The van der Waals surface area contributed by atoms with Crippen LogP contribution in [-0.4, -0.2) is 40.2 Å². The zero-order chi connectivity index (χ0) is 18.5. The van der Waals surface area contributed by atoms with Crippen LogP contribution in [0.25, 0.3) is 0 Å². The van der Waals surface area contributed by atoms with Crippen LogP contribution in [0.15, 0.2) is 37.1 Å². The van der Waals surface area contributed by atoms with Gasteiger partial charge in [-0.3, -0.25) is 14.2 Å². The van der Waals surface area contributed by atoms with E-state index in [2.05, 4.69) is 20.6 Å². The van der Waals surface area contributed by atoms with Crippen molar-refractivity contribution in [1.82, 2.24) is 29.3 Å². The molecule has 0 fully saturated rings. The van der Waals surface area contributed by atoms with Gasteiger partial charge in [0, 0.05) is 30.9 Å². The largest absolute Gasteiger partial charge is 0.389 e. The maximum absolute atomic E-state index is 12.0. The van der Waals surface area contributed by atoms with Crippen molar-refractivity contribution in [2.45, 2.75) is 33.0 Å². The lowest BCUT2D eigenvalue weighted by Crippen LogP contribution is -2.14. The second-order valence-corrected chi connectivity index (χ2v) is 5.62. The second kappa shape index (κ2) is 7.59. The zero-order valence-corrected chi connectivity index (χ0v) is 14.1. The number of nitrogens with zero attached hydrogens (tertiary/aromatic N) is 7. The highest BCUT2D eigenvalue weighted by atomic mass is 16.6. The average Bonchev–Trinajstić information content (AvgIpc) is 3.34. The van der Waals surface area contributed by atoms with Crippen molar-refractivity contribution in [3.63, 3.8) is 0 Å². The highest BCUT2D eigenvalue weighted by Crippen LogP contribution is 2.09. The third-order valence-electron chi connectivity index (χ3n) is 3.65. The normalized spacial score (nSPS) is 10.8. The van der Waals surface area contributed by atoms with Crippen LogP contribution in [0.3, 0.4) is 0 Å². The summed E-state index contributed by atoms with van der Waals surface area (Å²) in [7, 11) is 0. The summed E-state index contributed by atoms with van der Waals surface area (Å²) in [6.45, 7) is 3.64. The molecule has 3 heterocycles. The van der Waals surface area contributed by atoms with Crippen LogP contribution in [0, 0.1) is 10.1 Å². The molecular formula is C15H18N8O3. The molecule has 0 atom stereocenters. The number of aryl methyl sites for hydroxylation is 2. The Labute approximate surface area is 148 Å². The first-order chi connectivity index (χ1) is 12.5. The third kappa shape index (κ3) is 4.32. The molecule has 0 bridgehead atoms. The fourth-order valence-corrected chi connectivity index (χ4v) is 2.38. The molecule has 0 saturated carbocycles. The standard InChI is InChI=1S/C15H18N8O3/c1-2-20-9-12(7-16-20)10-22-11-13(8-17-22)18-15(24)4-6-21-5-3-14(19-21)23(25)26/h3,5,7-9,11H,2,4,6,10H2,1H3,(H,18,24). The van der Waals surface area contributed by atoms with Gasteiger partial charge in [0.05, 0.1) is 48.5 Å². The molecule has 11 nitrogen and oxygen atoms in total. The van der Waals surface area contributed by atoms with Crippen molar-refractivity contribution in [1.29, 1.82) is 0 Å². The van der Waals surface area contributed by atoms with Gasteiger partial charge in [-0.05, 0) is 11.8 Å². The van der Waals surface area contributed by atoms with Crippen molar-refractivity contribution < 1.29 is 9.72 Å². The molecule has 0 saturated heterocycles. The minimum absolute atomic E-state index is 0.146. The minimum atomic E-state index is -0.574. The summed E-state index contributed by atoms with van der Waals surface area (Å²) < 4.78 is 4.91. The molecule has 3 aromatic heterocycles. The SMILES string of the molecule is CCn1cc(Cn2cc(NC(=O)CCn3ccc([N+](=O)[O-])n3)cn2)cn1. The number of hydrogen-bond donors (Lipinski definition) is 1. The molecule has 136 valence electrons. The van der Waals surface area contributed by atoms with Crippen molar-refractivity contribution in [2.75, 3.05) is 5.32 Å². The van der Waals surface area contributed by atoms with Crippen LogP contribution < -0.4 is 5.32 Å². The predicted octanol–water partition coefficient (Wildman–Crippen LogP) is 1.28. The lowest BCUT2D eigenvalue weighted by Gasteiger charge is -2.01. The lowest BCUT2D eigenvalue weighted by atomic mass is 10.3. The molecule has 11 heteroatoms. The van der Waals surface area contributed by atoms with E-state index in [0.29, 0.717) is 12.2 Å². The summed E-state index contributed by atoms with van der Waals surface area (Å²) in [4.78, 5) is 22.0. The Morgan fingerprint density at radius 2 is 2.04 bits per heavy atom. The van der Waals surface area contributed by atoms with Crippen LogP contribution in [-0.2, 0) is 24.4 Å². The van der Waals surface area contributed by atoms with Crippen molar-refractivity contribution >= 4 is 17.4 Å². The van der Waals surface area contributed by atoms with Gasteiger partial charge in [-0.1, -0.05) is 0 Å². The molecular weight excluding hydrogens is 340 g/mol. The predicted molar refractivity (Wildman–Crippen MR) is 91.4 cm³/mol. The Morgan fingerprint density at radius 1 is 1.23 bits per heavy atom. The topological polar surface area (TPSA) is 126 Å². The van der Waals surface area contributed by atoms with Crippen molar-refractivity contribution in [3.05, 3.63) is 52.7 Å². The number of carbonyl (C=O) groups excluding carboxylic acids is 1. The first kappa shape index (κ1) is 17.3. The molecule has 0 aromatic carbocycles. The van der Waals surface area contributed by atoms with Crippen LogP contribution in [0.2, 0.25) is 0 Å². The van der Waals surface area contributed by atoms with Gasteiger partial charge in [-0.25, -0.2) is 0 Å². The van der Waals surface area contributed by atoms with Crippen LogP contribution in [0.4, 0.5) is 11.5 Å². The van der Waals surface area contributed by atoms with E-state index < -0.39 is 4.92 Å². The summed E-state index contributed by atoms with van der Waals surface area (Å²) in [5.41, 5.74) is 1.61. The van der Waals surface area contributed by atoms with E-state index in [9.17, 15) is 14.9 Å². The molecule has 0 unspecified atom stereocenters. The first-order valence-electron chi connectivity index (χ1n) is 8.05. The maximum Gasteiger partial charge on any atom is 0.389 e. The van der Waals surface area contributed by atoms with Gasteiger partial charge in [-0.2, -0.15) is 14.9 Å². The molecule has 3 aromatic rings. The Balaban J connectivity index is 1.49. The first-order valence-corrected chi connectivity index (χ1v) is 8.05. The summed E-state index contributed by atoms with van der Waals surface area (Å²) in [5.74, 6) is -0.459. The molecule has 0 aliphatic carbocycles. The van der Waals surface area contributed by atoms with Gasteiger partial charge < -0.3 is 15.4 Å². The Morgan fingerprint density at radius 3 is 2.73 bits per heavy atom. The Bertz CT molecular complexity index is 910. The minimum Gasteiger partial charge on any atom is -0.358 e. The molecule has 1 amide bonds. The van der Waals surface area contributed by atoms with Crippen LogP contribution in [0.5, 0.6) is 0 Å². The molecule has 0 aliphatic rings. The van der Waals surface area contributed by atoms with E-state index in [-0.39, 0.29) is 24.7 Å². The van der Waals surface area contributed by atoms with Gasteiger partial charge in [0.2, 0.25) is 5.91 Å². The van der Waals surface area contributed by atoms with E-state index in [0.717, 1.165) is 12.1 Å². The van der Waals surface area contributed by atoms with Crippen LogP contribution in [0.1, 0.15) is 18.9 Å². The van der Waals surface area contributed by atoms with Crippen LogP contribution >= 0.6 is 0 Å². The summed E-state index contributed by atoms with van der Waals surface area (Å²) in [6.07, 6.45) is 8.66. The van der Waals surface area contributed by atoms with Gasteiger partial charge >= 0.3 is 5.82 Å². The average molecular weight is 358 g/mol. The number of rotatable bonds is 8. The van der Waals surface area contributed by atoms with Crippen molar-refractivity contribution in [2.24, 2.45) is 0 Å². The van der Waals surface area contributed by atoms with Crippen molar-refractivity contribution in [3.8, 4) is 0 Å². The maximum atomic E-state index is 12.0.